The van der Waals surface area contributed by atoms with Crippen molar-refractivity contribution in [2.75, 3.05) is 6.61 Å². The average molecular weight is 444 g/mol. The maximum Gasteiger partial charge on any atom is 0.404 e. The number of rotatable bonds is 5. The molecular formula is C24H37NO3Si2. The van der Waals surface area contributed by atoms with E-state index in [2.05, 4.69) is 83.0 Å². The number of primary amides is 1. The average Bonchev–Trinajstić information content (AvgIpc) is 2.55. The summed E-state index contributed by atoms with van der Waals surface area (Å²) >= 11 is 0. The van der Waals surface area contributed by atoms with E-state index in [0.717, 1.165) is 16.9 Å². The van der Waals surface area contributed by atoms with Gasteiger partial charge in [0.15, 0.2) is 0 Å². The molecule has 1 aromatic rings. The monoisotopic (exact) mass is 443 g/mol. The van der Waals surface area contributed by atoms with Crippen LogP contribution in [0.25, 0.3) is 0 Å². The van der Waals surface area contributed by atoms with Gasteiger partial charge in [-0.15, -0.1) is 11.1 Å². The molecule has 0 aliphatic carbocycles. The molecule has 0 saturated carbocycles. The lowest BCUT2D eigenvalue weighted by Crippen LogP contribution is -2.34. The second-order valence-electron chi connectivity index (χ2n) is 10.7. The summed E-state index contributed by atoms with van der Waals surface area (Å²) in [6.45, 7) is 19.9. The molecule has 0 heterocycles. The highest BCUT2D eigenvalue weighted by Crippen LogP contribution is 2.28. The molecule has 2 N–H and O–H groups in total. The van der Waals surface area contributed by atoms with E-state index in [-0.39, 0.29) is 18.1 Å². The quantitative estimate of drug-likeness (QED) is 0.488. The molecule has 0 radical (unpaired) electrons. The fraction of sp³-hybridized carbons (Fsp3) is 0.542. The molecule has 0 spiro atoms. The number of carbonyl (C=O) groups is 1. The second-order valence-corrected chi connectivity index (χ2v) is 20.2. The number of amides is 1. The van der Waals surface area contributed by atoms with Gasteiger partial charge in [-0.05, 0) is 23.6 Å². The fourth-order valence-corrected chi connectivity index (χ4v) is 3.47. The summed E-state index contributed by atoms with van der Waals surface area (Å²) in [4.78, 5) is 10.9. The van der Waals surface area contributed by atoms with Crippen molar-refractivity contribution in [3.8, 4) is 28.7 Å². The number of carbonyl (C=O) groups excluding carboxylic acids is 1. The Labute approximate surface area is 184 Å². The van der Waals surface area contributed by atoms with Crippen molar-refractivity contribution in [1.82, 2.24) is 0 Å². The Kier molecular flexibility index (Phi) is 8.83. The van der Waals surface area contributed by atoms with Gasteiger partial charge in [-0.25, -0.2) is 4.79 Å². The zero-order valence-corrected chi connectivity index (χ0v) is 22.0. The molecule has 0 aromatic heterocycles. The van der Waals surface area contributed by atoms with Gasteiger partial charge in [0.05, 0.1) is 6.61 Å². The summed E-state index contributed by atoms with van der Waals surface area (Å²) < 4.78 is 11.3. The maximum atomic E-state index is 10.9. The van der Waals surface area contributed by atoms with E-state index in [4.69, 9.17) is 15.2 Å². The first-order valence-electron chi connectivity index (χ1n) is 10.4. The number of hydrogen-bond acceptors (Lipinski definition) is 3. The number of hydrogen-bond donors (Lipinski definition) is 1. The van der Waals surface area contributed by atoms with Gasteiger partial charge in [-0.2, -0.15) is 0 Å². The molecule has 164 valence electrons. The Morgan fingerprint density at radius 3 is 1.80 bits per heavy atom. The van der Waals surface area contributed by atoms with E-state index >= 15 is 0 Å². The molecule has 30 heavy (non-hydrogen) atoms. The lowest BCUT2D eigenvalue weighted by atomic mass is 9.87. The zero-order chi connectivity index (χ0) is 23.2. The van der Waals surface area contributed by atoms with Crippen molar-refractivity contribution < 1.29 is 14.3 Å². The minimum absolute atomic E-state index is 0.148. The topological polar surface area (TPSA) is 61.5 Å². The van der Waals surface area contributed by atoms with E-state index in [9.17, 15) is 4.79 Å². The number of benzene rings is 1. The summed E-state index contributed by atoms with van der Waals surface area (Å²) in [5, 5.41) is 0. The first-order valence-corrected chi connectivity index (χ1v) is 17.4. The highest BCUT2D eigenvalue weighted by atomic mass is 28.3. The molecule has 0 bridgehead atoms. The molecule has 1 unspecified atom stereocenters. The van der Waals surface area contributed by atoms with Crippen LogP contribution in [0.5, 0.6) is 5.75 Å². The summed E-state index contributed by atoms with van der Waals surface area (Å²) in [6, 6.07) is 5.98. The smallest absolute Gasteiger partial charge is 0.404 e. The van der Waals surface area contributed by atoms with Gasteiger partial charge in [0.25, 0.3) is 0 Å². The summed E-state index contributed by atoms with van der Waals surface area (Å²) in [6.07, 6.45) is -0.377. The van der Waals surface area contributed by atoms with Crippen LogP contribution < -0.4 is 10.5 Å². The third kappa shape index (κ3) is 11.1. The largest absolute Gasteiger partial charge is 0.490 e. The molecule has 1 amide bonds. The number of ether oxygens (including phenoxy) is 2. The molecule has 6 heteroatoms. The molecular weight excluding hydrogens is 406 g/mol. The van der Waals surface area contributed by atoms with E-state index in [1.165, 1.54) is 0 Å². The Bertz CT molecular complexity index is 816. The summed E-state index contributed by atoms with van der Waals surface area (Å²) in [7, 11) is -3.01. The predicted molar refractivity (Wildman–Crippen MR) is 131 cm³/mol. The van der Waals surface area contributed by atoms with Gasteiger partial charge in [0.1, 0.15) is 28.0 Å². The third-order valence-corrected chi connectivity index (χ3v) is 5.69. The third-order valence-electron chi connectivity index (χ3n) is 3.94. The van der Waals surface area contributed by atoms with E-state index in [0.29, 0.717) is 6.42 Å². The van der Waals surface area contributed by atoms with Crippen molar-refractivity contribution in [3.05, 3.63) is 29.3 Å². The molecule has 1 atom stereocenters. The van der Waals surface area contributed by atoms with Crippen LogP contribution in [0, 0.1) is 28.3 Å². The standard InChI is InChI=1S/C24H37NO3Si2/c1-24(2,3)22(10-13-27-23(25)26)28-21-17-19(11-14-29(4,5)6)16-20(18-21)12-15-30(7,8)9/h16-18,22H,10,13H2,1-9H3,(H2,25,26). The fourth-order valence-electron chi connectivity index (χ4n) is 2.43. The van der Waals surface area contributed by atoms with Crippen molar-refractivity contribution in [3.63, 3.8) is 0 Å². The Hall–Kier alpha value is -2.16. The van der Waals surface area contributed by atoms with Crippen LogP contribution in [0.4, 0.5) is 4.79 Å². The van der Waals surface area contributed by atoms with Crippen molar-refractivity contribution in [1.29, 1.82) is 0 Å². The Balaban J connectivity index is 3.30. The normalized spacial score (nSPS) is 12.7. The predicted octanol–water partition coefficient (Wildman–Crippen LogP) is 5.42. The minimum Gasteiger partial charge on any atom is -0.490 e. The van der Waals surface area contributed by atoms with Crippen LogP contribution in [0.1, 0.15) is 38.3 Å². The maximum absolute atomic E-state index is 10.9. The van der Waals surface area contributed by atoms with E-state index in [1.807, 2.05) is 18.2 Å². The first kappa shape index (κ1) is 25.9. The van der Waals surface area contributed by atoms with Crippen LogP contribution in [-0.4, -0.2) is 35.0 Å². The summed E-state index contributed by atoms with van der Waals surface area (Å²) in [5.41, 5.74) is 13.6. The first-order chi connectivity index (χ1) is 13.5. The lowest BCUT2D eigenvalue weighted by Gasteiger charge is -2.31. The van der Waals surface area contributed by atoms with Gasteiger partial charge in [-0.3, -0.25) is 0 Å². The molecule has 0 aliphatic rings. The van der Waals surface area contributed by atoms with E-state index < -0.39 is 22.2 Å². The minimum atomic E-state index is -1.50. The molecule has 0 fully saturated rings. The van der Waals surface area contributed by atoms with Gasteiger partial charge in [-0.1, -0.05) is 71.9 Å². The van der Waals surface area contributed by atoms with E-state index in [1.54, 1.807) is 0 Å². The van der Waals surface area contributed by atoms with Gasteiger partial charge >= 0.3 is 6.09 Å². The van der Waals surface area contributed by atoms with Crippen LogP contribution in [0.3, 0.4) is 0 Å². The van der Waals surface area contributed by atoms with Crippen molar-refractivity contribution >= 4 is 22.2 Å². The van der Waals surface area contributed by atoms with Crippen LogP contribution in [0.2, 0.25) is 39.3 Å². The van der Waals surface area contributed by atoms with Crippen molar-refractivity contribution in [2.24, 2.45) is 11.1 Å². The zero-order valence-electron chi connectivity index (χ0n) is 20.0. The van der Waals surface area contributed by atoms with Gasteiger partial charge in [0, 0.05) is 17.5 Å². The van der Waals surface area contributed by atoms with Gasteiger partial charge < -0.3 is 15.2 Å². The van der Waals surface area contributed by atoms with Crippen LogP contribution >= 0.6 is 0 Å². The molecule has 1 aromatic carbocycles. The van der Waals surface area contributed by atoms with Gasteiger partial charge in [0.2, 0.25) is 0 Å². The Morgan fingerprint density at radius 1 is 0.967 bits per heavy atom. The Morgan fingerprint density at radius 2 is 1.43 bits per heavy atom. The lowest BCUT2D eigenvalue weighted by molar-refractivity contribution is 0.0560. The highest BCUT2D eigenvalue weighted by Gasteiger charge is 2.27. The number of nitrogens with two attached hydrogens (primary N) is 1. The van der Waals surface area contributed by atoms with Crippen LogP contribution in [0.15, 0.2) is 18.2 Å². The SMILES string of the molecule is CC(C)(C)C(CCOC(N)=O)Oc1cc(C#C[Si](C)(C)C)cc(C#C[Si](C)(C)C)c1. The van der Waals surface area contributed by atoms with Crippen molar-refractivity contribution in [2.45, 2.75) is 72.6 Å². The highest BCUT2D eigenvalue weighted by molar-refractivity contribution is 6.84. The second kappa shape index (κ2) is 10.2. The molecule has 4 nitrogen and oxygen atoms in total. The molecule has 0 aliphatic heterocycles. The molecule has 1 rings (SSSR count). The van der Waals surface area contributed by atoms with Crippen LogP contribution in [-0.2, 0) is 4.74 Å². The molecule has 0 saturated heterocycles. The summed E-state index contributed by atoms with van der Waals surface area (Å²) in [5.74, 6) is 7.38.